The van der Waals surface area contributed by atoms with Crippen molar-refractivity contribution in [3.05, 3.63) is 5.82 Å². The van der Waals surface area contributed by atoms with E-state index in [4.69, 9.17) is 10.2 Å². The molecular weight excluding hydrogens is 202 g/mol. The fraction of sp³-hybridized carbons (Fsp3) is 0.429. The van der Waals surface area contributed by atoms with Gasteiger partial charge < -0.3 is 15.7 Å². The third-order valence-electron chi connectivity index (χ3n) is 1.49. The zero-order chi connectivity index (χ0) is 10.6. The number of rotatable bonds is 4. The summed E-state index contributed by atoms with van der Waals surface area (Å²) in [5.74, 6) is 0.786. The topological polar surface area (TPSA) is 126 Å². The Kier molecular flexibility index (Phi) is 5.31. The van der Waals surface area contributed by atoms with Gasteiger partial charge in [0.25, 0.3) is 5.95 Å². The van der Waals surface area contributed by atoms with Crippen LogP contribution in [0.4, 0.5) is 11.9 Å². The average molecular weight is 215 g/mol. The van der Waals surface area contributed by atoms with Crippen molar-refractivity contribution in [2.45, 2.75) is 6.92 Å². The summed E-state index contributed by atoms with van der Waals surface area (Å²) in [5, 5.41) is 17.7. The Hall–Kier alpha value is -1.64. The first-order valence-electron chi connectivity index (χ1n) is 3.87. The van der Waals surface area contributed by atoms with E-state index in [1.54, 1.807) is 6.92 Å². The predicted octanol–water partition coefficient (Wildman–Crippen LogP) is -1.61. The molecule has 0 saturated carbocycles. The molecule has 1 heterocycles. The summed E-state index contributed by atoms with van der Waals surface area (Å²) < 4.78 is 0. The SMILES string of the molecule is C=Nc1nc(C)nc(N(CO)CO)n1.O. The van der Waals surface area contributed by atoms with Crippen LogP contribution >= 0.6 is 0 Å². The molecule has 84 valence electrons. The molecule has 0 unspecified atom stereocenters. The van der Waals surface area contributed by atoms with Crippen LogP contribution in [0.3, 0.4) is 0 Å². The zero-order valence-electron chi connectivity index (χ0n) is 8.25. The van der Waals surface area contributed by atoms with Gasteiger partial charge in [0.2, 0.25) is 5.95 Å². The molecular formula is C7H13N5O3. The lowest BCUT2D eigenvalue weighted by Crippen LogP contribution is -2.27. The minimum Gasteiger partial charge on any atom is -0.412 e. The molecule has 0 spiro atoms. The Morgan fingerprint density at radius 3 is 2.33 bits per heavy atom. The number of aryl methyl sites for hydroxylation is 1. The maximum Gasteiger partial charge on any atom is 0.253 e. The summed E-state index contributed by atoms with van der Waals surface area (Å²) in [5.41, 5.74) is 0. The van der Waals surface area contributed by atoms with E-state index in [2.05, 4.69) is 26.7 Å². The van der Waals surface area contributed by atoms with Crippen LogP contribution in [-0.4, -0.2) is 50.8 Å². The third-order valence-corrected chi connectivity index (χ3v) is 1.49. The number of aromatic nitrogens is 3. The number of aliphatic hydroxyl groups is 2. The van der Waals surface area contributed by atoms with Gasteiger partial charge in [-0.05, 0) is 13.6 Å². The first kappa shape index (κ1) is 13.4. The minimum atomic E-state index is -0.378. The molecule has 8 heteroatoms. The number of anilines is 1. The van der Waals surface area contributed by atoms with Crippen molar-refractivity contribution in [2.75, 3.05) is 18.4 Å². The third kappa shape index (κ3) is 3.20. The van der Waals surface area contributed by atoms with Crippen LogP contribution in [0.25, 0.3) is 0 Å². The van der Waals surface area contributed by atoms with Crippen molar-refractivity contribution in [2.24, 2.45) is 4.99 Å². The van der Waals surface area contributed by atoms with E-state index < -0.39 is 0 Å². The van der Waals surface area contributed by atoms with Gasteiger partial charge in [0.15, 0.2) is 0 Å². The summed E-state index contributed by atoms with van der Waals surface area (Å²) in [6.45, 7) is 4.18. The van der Waals surface area contributed by atoms with Crippen LogP contribution in [0.2, 0.25) is 0 Å². The lowest BCUT2D eigenvalue weighted by molar-refractivity contribution is 0.220. The van der Waals surface area contributed by atoms with E-state index in [0.717, 1.165) is 4.90 Å². The fourth-order valence-corrected chi connectivity index (χ4v) is 0.837. The molecule has 0 aliphatic carbocycles. The van der Waals surface area contributed by atoms with Crippen LogP contribution in [0, 0.1) is 6.92 Å². The first-order valence-corrected chi connectivity index (χ1v) is 3.87. The lowest BCUT2D eigenvalue weighted by Gasteiger charge is -2.16. The van der Waals surface area contributed by atoms with Gasteiger partial charge in [-0.25, -0.2) is 4.99 Å². The molecule has 15 heavy (non-hydrogen) atoms. The van der Waals surface area contributed by atoms with Crippen LogP contribution in [0.1, 0.15) is 5.82 Å². The summed E-state index contributed by atoms with van der Waals surface area (Å²) in [7, 11) is 0. The fourth-order valence-electron chi connectivity index (χ4n) is 0.837. The second-order valence-corrected chi connectivity index (χ2v) is 2.46. The van der Waals surface area contributed by atoms with Crippen LogP contribution in [0.5, 0.6) is 0 Å². The van der Waals surface area contributed by atoms with Crippen molar-refractivity contribution < 1.29 is 15.7 Å². The molecule has 0 atom stereocenters. The van der Waals surface area contributed by atoms with Gasteiger partial charge in [-0.1, -0.05) is 0 Å². The quantitative estimate of drug-likeness (QED) is 0.459. The standard InChI is InChI=1S/C7H11N5O2.H2O/c1-5-9-6(8-2)11-7(10-5)12(3-13)4-14;/h13-14H,2-4H2,1H3;1H2. The number of hydrogen-bond acceptors (Lipinski definition) is 7. The smallest absolute Gasteiger partial charge is 0.253 e. The van der Waals surface area contributed by atoms with Gasteiger partial charge >= 0.3 is 0 Å². The molecule has 1 rings (SSSR count). The van der Waals surface area contributed by atoms with Gasteiger partial charge in [0.1, 0.15) is 19.3 Å². The normalized spacial score (nSPS) is 9.27. The van der Waals surface area contributed by atoms with E-state index in [9.17, 15) is 0 Å². The lowest BCUT2D eigenvalue weighted by atomic mass is 10.6. The highest BCUT2D eigenvalue weighted by Gasteiger charge is 2.09. The Balaban J connectivity index is 0.00000196. The Morgan fingerprint density at radius 2 is 1.87 bits per heavy atom. The molecule has 0 fully saturated rings. The zero-order valence-corrected chi connectivity index (χ0v) is 8.25. The van der Waals surface area contributed by atoms with Crippen LogP contribution < -0.4 is 4.90 Å². The Morgan fingerprint density at radius 1 is 1.27 bits per heavy atom. The molecule has 0 saturated heterocycles. The van der Waals surface area contributed by atoms with Gasteiger partial charge in [-0.2, -0.15) is 15.0 Å². The van der Waals surface area contributed by atoms with Gasteiger partial charge in [0.05, 0.1) is 0 Å². The largest absolute Gasteiger partial charge is 0.412 e. The van der Waals surface area contributed by atoms with Gasteiger partial charge in [-0.3, -0.25) is 4.90 Å². The maximum atomic E-state index is 8.85. The molecule has 1 aromatic heterocycles. The van der Waals surface area contributed by atoms with Gasteiger partial charge in [-0.15, -0.1) is 0 Å². The molecule has 0 aliphatic rings. The molecule has 0 radical (unpaired) electrons. The minimum absolute atomic E-state index is 0. The van der Waals surface area contributed by atoms with E-state index in [-0.39, 0.29) is 30.8 Å². The highest BCUT2D eigenvalue weighted by molar-refractivity contribution is 5.38. The number of nitrogens with zero attached hydrogens (tertiary/aromatic N) is 5. The molecule has 0 aromatic carbocycles. The second-order valence-electron chi connectivity index (χ2n) is 2.46. The van der Waals surface area contributed by atoms with Crippen LogP contribution in [0.15, 0.2) is 4.99 Å². The summed E-state index contributed by atoms with van der Waals surface area (Å²) in [6, 6.07) is 0. The van der Waals surface area contributed by atoms with E-state index in [1.807, 2.05) is 0 Å². The maximum absolute atomic E-state index is 8.85. The molecule has 8 nitrogen and oxygen atoms in total. The molecule has 0 aliphatic heterocycles. The predicted molar refractivity (Wildman–Crippen MR) is 54.0 cm³/mol. The van der Waals surface area contributed by atoms with Crippen molar-refractivity contribution in [1.82, 2.24) is 15.0 Å². The summed E-state index contributed by atoms with van der Waals surface area (Å²) >= 11 is 0. The van der Waals surface area contributed by atoms with Crippen molar-refractivity contribution in [1.29, 1.82) is 0 Å². The Labute approximate surface area is 86.3 Å². The molecule has 4 N–H and O–H groups in total. The second kappa shape index (κ2) is 5.96. The van der Waals surface area contributed by atoms with Crippen molar-refractivity contribution >= 4 is 18.6 Å². The van der Waals surface area contributed by atoms with E-state index in [1.165, 1.54) is 0 Å². The first-order chi connectivity index (χ1) is 6.71. The Bertz CT molecular complexity index is 328. The van der Waals surface area contributed by atoms with Gasteiger partial charge in [0, 0.05) is 0 Å². The highest BCUT2D eigenvalue weighted by Crippen LogP contribution is 2.10. The average Bonchev–Trinajstić information content (AvgIpc) is 2.19. The van der Waals surface area contributed by atoms with Crippen molar-refractivity contribution in [3.8, 4) is 0 Å². The molecule has 1 aromatic rings. The van der Waals surface area contributed by atoms with Crippen molar-refractivity contribution in [3.63, 3.8) is 0 Å². The van der Waals surface area contributed by atoms with Crippen LogP contribution in [-0.2, 0) is 0 Å². The van der Waals surface area contributed by atoms with E-state index >= 15 is 0 Å². The summed E-state index contributed by atoms with van der Waals surface area (Å²) in [4.78, 5) is 16.3. The van der Waals surface area contributed by atoms with E-state index in [0.29, 0.717) is 5.82 Å². The number of aliphatic hydroxyl groups excluding tert-OH is 2. The monoisotopic (exact) mass is 215 g/mol. The number of hydrogen-bond donors (Lipinski definition) is 2. The number of aliphatic imine (C=N–C) groups is 1. The summed E-state index contributed by atoms with van der Waals surface area (Å²) in [6.07, 6.45) is 0. The molecule has 0 bridgehead atoms. The highest BCUT2D eigenvalue weighted by atomic mass is 16.3. The molecule has 0 amide bonds.